The molecule has 1 aromatic carbocycles. The summed E-state index contributed by atoms with van der Waals surface area (Å²) < 4.78 is 11.3. The molecule has 1 aliphatic heterocycles. The van der Waals surface area contributed by atoms with E-state index in [-0.39, 0.29) is 24.7 Å². The zero-order chi connectivity index (χ0) is 21.5. The Morgan fingerprint density at radius 3 is 2.80 bits per heavy atom. The highest BCUT2D eigenvalue weighted by atomic mass is 16.7. The Morgan fingerprint density at radius 2 is 2.00 bits per heavy atom. The molecule has 1 aromatic rings. The maximum atomic E-state index is 10.5. The lowest BCUT2D eigenvalue weighted by Gasteiger charge is -2.28. The Morgan fingerprint density at radius 1 is 1.20 bits per heavy atom. The third-order valence-electron chi connectivity index (χ3n) is 5.68. The van der Waals surface area contributed by atoms with Crippen molar-refractivity contribution >= 4 is 5.97 Å². The molecule has 6 atom stereocenters. The van der Waals surface area contributed by atoms with Gasteiger partial charge in [-0.3, -0.25) is 4.79 Å². The van der Waals surface area contributed by atoms with E-state index in [4.69, 9.17) is 14.6 Å². The van der Waals surface area contributed by atoms with Crippen LogP contribution in [0.15, 0.2) is 48.6 Å². The molecule has 1 fully saturated rings. The molecule has 1 saturated carbocycles. The minimum Gasteiger partial charge on any atom is -0.481 e. The molecular formula is C23H30O7. The van der Waals surface area contributed by atoms with E-state index in [1.807, 2.05) is 36.4 Å². The van der Waals surface area contributed by atoms with Crippen LogP contribution in [-0.2, 0) is 16.1 Å². The summed E-state index contributed by atoms with van der Waals surface area (Å²) in [4.78, 5) is 10.5. The standard InChI is InChI=1S/C23H30O7/c24-18(23-29-14-15-7-5-6-9-21(15)30-23)12-11-17-16(19(25)13-20(17)26)8-3-1-2-4-10-22(27)28/h1,3,5-7,9,11-12,16-20,23-26H,2,4,8,10,13-14H2,(H,27,28)/b3-1-,12-11+/t16-,17-,18+,19+,20-,23?/m1/s1. The van der Waals surface area contributed by atoms with Crippen LogP contribution in [0.25, 0.3) is 0 Å². The molecule has 1 heterocycles. The summed E-state index contributed by atoms with van der Waals surface area (Å²) >= 11 is 0. The predicted molar refractivity (Wildman–Crippen MR) is 110 cm³/mol. The smallest absolute Gasteiger partial charge is 0.303 e. The number of allylic oxidation sites excluding steroid dienone is 2. The number of rotatable bonds is 9. The second kappa shape index (κ2) is 10.7. The average molecular weight is 418 g/mol. The molecule has 0 bridgehead atoms. The van der Waals surface area contributed by atoms with Gasteiger partial charge < -0.3 is 29.9 Å². The van der Waals surface area contributed by atoms with Gasteiger partial charge in [-0.25, -0.2) is 0 Å². The van der Waals surface area contributed by atoms with Gasteiger partial charge in [-0.2, -0.15) is 0 Å². The lowest BCUT2D eigenvalue weighted by atomic mass is 9.89. The summed E-state index contributed by atoms with van der Waals surface area (Å²) in [5.41, 5.74) is 0.925. The van der Waals surface area contributed by atoms with E-state index in [0.717, 1.165) is 5.56 Å². The highest BCUT2D eigenvalue weighted by Crippen LogP contribution is 2.36. The molecule has 1 aliphatic carbocycles. The Labute approximate surface area is 176 Å². The molecule has 2 aliphatic rings. The van der Waals surface area contributed by atoms with Gasteiger partial charge in [0.05, 0.1) is 18.8 Å². The Balaban J connectivity index is 1.54. The molecule has 0 aromatic heterocycles. The highest BCUT2D eigenvalue weighted by Gasteiger charge is 2.39. The minimum absolute atomic E-state index is 0.133. The van der Waals surface area contributed by atoms with Gasteiger partial charge in [0.25, 0.3) is 0 Å². The maximum absolute atomic E-state index is 10.5. The number of aliphatic carboxylic acids is 1. The van der Waals surface area contributed by atoms with Gasteiger partial charge in [-0.1, -0.05) is 42.5 Å². The molecule has 0 spiro atoms. The first kappa shape index (κ1) is 22.5. The fraction of sp³-hybridized carbons (Fsp3) is 0.522. The van der Waals surface area contributed by atoms with E-state index in [9.17, 15) is 20.1 Å². The summed E-state index contributed by atoms with van der Waals surface area (Å²) in [6, 6.07) is 7.50. The first-order chi connectivity index (χ1) is 14.5. The number of carbonyl (C=O) groups is 1. The number of carboxylic acids is 1. The first-order valence-electron chi connectivity index (χ1n) is 10.4. The van der Waals surface area contributed by atoms with E-state index in [1.165, 1.54) is 0 Å². The summed E-state index contributed by atoms with van der Waals surface area (Å²) in [6.45, 7) is 0.353. The summed E-state index contributed by atoms with van der Waals surface area (Å²) in [7, 11) is 0. The van der Waals surface area contributed by atoms with Gasteiger partial charge in [0, 0.05) is 24.3 Å². The molecule has 0 radical (unpaired) electrons. The first-order valence-corrected chi connectivity index (χ1v) is 10.4. The Hall–Kier alpha value is -2.19. The second-order valence-electron chi connectivity index (χ2n) is 7.89. The summed E-state index contributed by atoms with van der Waals surface area (Å²) in [5.74, 6) is -0.596. The van der Waals surface area contributed by atoms with Crippen LogP contribution in [0.3, 0.4) is 0 Å². The van der Waals surface area contributed by atoms with Crippen molar-refractivity contribution in [1.29, 1.82) is 0 Å². The second-order valence-corrected chi connectivity index (χ2v) is 7.89. The maximum Gasteiger partial charge on any atom is 0.303 e. The molecule has 4 N–H and O–H groups in total. The predicted octanol–water partition coefficient (Wildman–Crippen LogP) is 2.40. The van der Waals surface area contributed by atoms with Crippen LogP contribution in [0.5, 0.6) is 5.75 Å². The van der Waals surface area contributed by atoms with Crippen molar-refractivity contribution in [1.82, 2.24) is 0 Å². The number of fused-ring (bicyclic) bond motifs is 1. The van der Waals surface area contributed by atoms with Gasteiger partial charge in [-0.15, -0.1) is 0 Å². The van der Waals surface area contributed by atoms with E-state index < -0.39 is 30.6 Å². The van der Waals surface area contributed by atoms with Crippen molar-refractivity contribution in [3.63, 3.8) is 0 Å². The number of ether oxygens (including phenoxy) is 2. The minimum atomic E-state index is -1.00. The normalized spacial score (nSPS) is 29.8. The van der Waals surface area contributed by atoms with Crippen molar-refractivity contribution in [3.8, 4) is 5.75 Å². The zero-order valence-electron chi connectivity index (χ0n) is 16.8. The van der Waals surface area contributed by atoms with Gasteiger partial charge in [-0.05, 0) is 31.2 Å². The monoisotopic (exact) mass is 418 g/mol. The van der Waals surface area contributed by atoms with Gasteiger partial charge in [0.2, 0.25) is 6.29 Å². The average Bonchev–Trinajstić information content (AvgIpc) is 3.00. The van der Waals surface area contributed by atoms with Crippen molar-refractivity contribution in [2.75, 3.05) is 0 Å². The fourth-order valence-electron chi connectivity index (χ4n) is 4.02. The molecule has 1 unspecified atom stereocenters. The van der Waals surface area contributed by atoms with Gasteiger partial charge in [0.1, 0.15) is 11.9 Å². The molecular weight excluding hydrogens is 388 g/mol. The topological polar surface area (TPSA) is 116 Å². The SMILES string of the molecule is O=C(O)CCC/C=C\C[C@@H]1[C@@H](/C=C/[C@H](O)C2OCc3ccccc3O2)[C@H](O)C[C@@H]1O. The van der Waals surface area contributed by atoms with E-state index in [1.54, 1.807) is 12.2 Å². The summed E-state index contributed by atoms with van der Waals surface area (Å²) in [5, 5.41) is 39.8. The number of unbranched alkanes of at least 4 members (excludes halogenated alkanes) is 1. The van der Waals surface area contributed by atoms with Crippen LogP contribution in [0.2, 0.25) is 0 Å². The third-order valence-corrected chi connectivity index (χ3v) is 5.68. The third kappa shape index (κ3) is 5.92. The number of benzene rings is 1. The van der Waals surface area contributed by atoms with Crippen LogP contribution in [0, 0.1) is 11.8 Å². The molecule has 7 heteroatoms. The number of aliphatic hydroxyl groups excluding tert-OH is 3. The molecule has 7 nitrogen and oxygen atoms in total. The lowest BCUT2D eigenvalue weighted by molar-refractivity contribution is -0.152. The van der Waals surface area contributed by atoms with Gasteiger partial charge in [0.15, 0.2) is 0 Å². The van der Waals surface area contributed by atoms with E-state index in [2.05, 4.69) is 0 Å². The number of para-hydroxylation sites is 1. The van der Waals surface area contributed by atoms with Crippen LogP contribution in [-0.4, -0.2) is 51.0 Å². The van der Waals surface area contributed by atoms with Crippen molar-refractivity contribution < 1.29 is 34.7 Å². The zero-order valence-corrected chi connectivity index (χ0v) is 16.8. The van der Waals surface area contributed by atoms with Crippen molar-refractivity contribution in [2.45, 2.75) is 63.3 Å². The molecule has 0 saturated heterocycles. The number of hydrogen-bond donors (Lipinski definition) is 4. The van der Waals surface area contributed by atoms with Crippen molar-refractivity contribution in [2.24, 2.45) is 11.8 Å². The molecule has 0 amide bonds. The van der Waals surface area contributed by atoms with Gasteiger partial charge >= 0.3 is 5.97 Å². The molecule has 164 valence electrons. The molecule has 3 rings (SSSR count). The summed E-state index contributed by atoms with van der Waals surface area (Å²) in [6.07, 6.45) is 6.20. The quantitative estimate of drug-likeness (QED) is 0.359. The fourth-order valence-corrected chi connectivity index (χ4v) is 4.02. The Bertz CT molecular complexity index is 760. The lowest BCUT2D eigenvalue weighted by Crippen LogP contribution is -2.36. The van der Waals surface area contributed by atoms with Crippen LogP contribution < -0.4 is 4.74 Å². The number of carboxylic acid groups (broad SMARTS) is 1. The number of aliphatic hydroxyl groups is 3. The van der Waals surface area contributed by atoms with Crippen molar-refractivity contribution in [3.05, 3.63) is 54.1 Å². The highest BCUT2D eigenvalue weighted by molar-refractivity contribution is 5.66. The van der Waals surface area contributed by atoms with E-state index in [0.29, 0.717) is 31.6 Å². The largest absolute Gasteiger partial charge is 0.481 e. The van der Waals surface area contributed by atoms with E-state index >= 15 is 0 Å². The Kier molecular flexibility index (Phi) is 8.04. The van der Waals surface area contributed by atoms with Crippen LogP contribution in [0.1, 0.15) is 37.7 Å². The number of hydrogen-bond acceptors (Lipinski definition) is 6. The van der Waals surface area contributed by atoms with Crippen LogP contribution in [0.4, 0.5) is 0 Å². The molecule has 30 heavy (non-hydrogen) atoms. The van der Waals surface area contributed by atoms with Crippen LogP contribution >= 0.6 is 0 Å².